The molecule has 0 unspecified atom stereocenters. The van der Waals surface area contributed by atoms with Gasteiger partial charge in [0.2, 0.25) is 0 Å². The first-order valence-electron chi connectivity index (χ1n) is 20.9. The molecular weight excluding hydrogens is 829 g/mol. The summed E-state index contributed by atoms with van der Waals surface area (Å²) in [5.74, 6) is 1.66. The summed E-state index contributed by atoms with van der Waals surface area (Å²) in [4.78, 5) is 13.7. The van der Waals surface area contributed by atoms with Gasteiger partial charge in [-0.3, -0.25) is 0 Å². The Kier molecular flexibility index (Phi) is 8.22. The van der Waals surface area contributed by atoms with E-state index in [1.54, 1.807) is 25.6 Å². The zero-order valence-electron chi connectivity index (χ0n) is 34.1. The molecule has 0 N–H and O–H groups in total. The number of nitrogens with zero attached hydrogens (tertiary/aromatic N) is 2. The lowest BCUT2D eigenvalue weighted by Crippen LogP contribution is -1.93. The molecule has 7 heteroatoms. The molecule has 4 heterocycles. The molecule has 63 heavy (non-hydrogen) atoms. The average molecular weight is 863 g/mol. The van der Waals surface area contributed by atoms with Crippen molar-refractivity contribution in [3.05, 3.63) is 170 Å². The van der Waals surface area contributed by atoms with E-state index in [2.05, 4.69) is 146 Å². The molecule has 13 aromatic rings. The Labute approximate surface area is 373 Å². The summed E-state index contributed by atoms with van der Waals surface area (Å²) in [6.45, 7) is 0. The highest BCUT2D eigenvalue weighted by Crippen LogP contribution is 2.48. The van der Waals surface area contributed by atoms with Crippen LogP contribution in [0, 0.1) is 0 Å². The van der Waals surface area contributed by atoms with Crippen molar-refractivity contribution in [2.75, 3.05) is 14.2 Å². The molecule has 0 aliphatic rings. The fourth-order valence-corrected chi connectivity index (χ4v) is 13.0. The summed E-state index contributed by atoms with van der Waals surface area (Å²) >= 11 is 5.49. The summed E-state index contributed by atoms with van der Waals surface area (Å²) in [5.41, 5.74) is 10.1. The van der Waals surface area contributed by atoms with E-state index in [1.807, 2.05) is 46.9 Å². The number of thiophene rings is 3. The zero-order chi connectivity index (χ0) is 41.8. The Hall–Kier alpha value is -7.16. The smallest absolute Gasteiger partial charge is 0.126 e. The Morgan fingerprint density at radius 3 is 1.19 bits per heavy atom. The first kappa shape index (κ1) is 36.5. The molecule has 4 nitrogen and oxygen atoms in total. The number of methoxy groups -OCH3 is 2. The summed E-state index contributed by atoms with van der Waals surface area (Å²) < 4.78 is 16.9. The molecule has 9 aromatic carbocycles. The van der Waals surface area contributed by atoms with Gasteiger partial charge >= 0.3 is 0 Å². The van der Waals surface area contributed by atoms with E-state index in [0.717, 1.165) is 98.2 Å². The van der Waals surface area contributed by atoms with Gasteiger partial charge in [0.25, 0.3) is 0 Å². The van der Waals surface area contributed by atoms with Crippen molar-refractivity contribution in [2.24, 2.45) is 0 Å². The van der Waals surface area contributed by atoms with Crippen molar-refractivity contribution in [3.8, 4) is 54.6 Å². The lowest BCUT2D eigenvalue weighted by molar-refractivity contribution is 0.416. The number of benzene rings is 9. The number of fused-ring (bicyclic) bond motifs is 13. The summed E-state index contributed by atoms with van der Waals surface area (Å²) in [5, 5.41) is 9.45. The fourth-order valence-electron chi connectivity index (χ4n) is 9.50. The third-order valence-electron chi connectivity index (χ3n) is 12.5. The van der Waals surface area contributed by atoms with Gasteiger partial charge in [0.15, 0.2) is 0 Å². The van der Waals surface area contributed by atoms with Crippen molar-refractivity contribution >= 4 is 118 Å². The molecule has 0 atom stereocenters. The van der Waals surface area contributed by atoms with E-state index < -0.39 is 0 Å². The summed E-state index contributed by atoms with van der Waals surface area (Å²) in [6.07, 6.45) is 0. The second-order valence-electron chi connectivity index (χ2n) is 15.9. The van der Waals surface area contributed by atoms with Crippen molar-refractivity contribution in [1.29, 1.82) is 0 Å². The van der Waals surface area contributed by atoms with Crippen LogP contribution < -0.4 is 9.47 Å². The Balaban J connectivity index is 1.12. The van der Waals surface area contributed by atoms with Crippen LogP contribution in [-0.2, 0) is 0 Å². The van der Waals surface area contributed by atoms with Crippen LogP contribution in [0.4, 0.5) is 0 Å². The lowest BCUT2D eigenvalue weighted by atomic mass is 9.92. The standard InChI is InChI=1S/C56H34N2O2S3/c1-59-45-15-7-3-11-35(45)31-19-25-41-43(27-31)44-28-32(36-12-4-8-16-46(36)60-2)20-26-42(44)52-51(41)57-53-54(58-52)56(34-22-24-40-38-14-6-10-18-48(38)62-50(40)30-34)63-55(53)33-21-23-39-37-13-5-9-17-47(37)61-49(39)29-33/h3-30H,1-2H3. The first-order chi connectivity index (χ1) is 31.1. The van der Waals surface area contributed by atoms with E-state index >= 15 is 0 Å². The fraction of sp³-hybridized carbons (Fsp3) is 0.0357. The second-order valence-corrected chi connectivity index (χ2v) is 19.1. The van der Waals surface area contributed by atoms with Crippen molar-refractivity contribution < 1.29 is 9.47 Å². The summed E-state index contributed by atoms with van der Waals surface area (Å²) in [7, 11) is 3.46. The Morgan fingerprint density at radius 1 is 0.317 bits per heavy atom. The van der Waals surface area contributed by atoms with Crippen LogP contribution >= 0.6 is 34.0 Å². The van der Waals surface area contributed by atoms with Gasteiger partial charge < -0.3 is 9.47 Å². The van der Waals surface area contributed by atoms with Crippen LogP contribution in [-0.4, -0.2) is 24.2 Å². The Morgan fingerprint density at radius 2 is 0.714 bits per heavy atom. The van der Waals surface area contributed by atoms with Crippen molar-refractivity contribution in [3.63, 3.8) is 0 Å². The highest BCUT2D eigenvalue weighted by atomic mass is 32.1. The molecule has 0 aliphatic heterocycles. The van der Waals surface area contributed by atoms with Gasteiger partial charge in [0.05, 0.1) is 35.0 Å². The van der Waals surface area contributed by atoms with Crippen LogP contribution in [0.1, 0.15) is 0 Å². The maximum Gasteiger partial charge on any atom is 0.126 e. The van der Waals surface area contributed by atoms with E-state index in [9.17, 15) is 0 Å². The molecular formula is C56H34N2O2S3. The Bertz CT molecular complexity index is 3770. The van der Waals surface area contributed by atoms with Crippen molar-refractivity contribution in [1.82, 2.24) is 9.97 Å². The number of hydrogen-bond acceptors (Lipinski definition) is 7. The maximum atomic E-state index is 5.86. The van der Waals surface area contributed by atoms with Gasteiger partial charge in [0, 0.05) is 62.2 Å². The lowest BCUT2D eigenvalue weighted by Gasteiger charge is -2.15. The minimum absolute atomic E-state index is 0.832. The number of hydrogen-bond donors (Lipinski definition) is 0. The molecule has 0 bridgehead atoms. The topological polar surface area (TPSA) is 44.2 Å². The maximum absolute atomic E-state index is 5.86. The molecule has 0 radical (unpaired) electrons. The quantitative estimate of drug-likeness (QED) is 0.156. The van der Waals surface area contributed by atoms with Gasteiger partial charge in [-0.15, -0.1) is 34.0 Å². The molecule has 0 amide bonds. The van der Waals surface area contributed by atoms with Gasteiger partial charge in [-0.2, -0.15) is 0 Å². The highest BCUT2D eigenvalue weighted by molar-refractivity contribution is 7.26. The molecule has 0 aliphatic carbocycles. The SMILES string of the molecule is COc1ccccc1-c1ccc2c(c1)c1cc(-c3ccccc3OC)ccc1c1nc3c(-c4ccc5c(c4)sc4ccccc45)sc(-c4ccc5c(c4)sc4ccccc45)c3nc21. The van der Waals surface area contributed by atoms with Gasteiger partial charge in [-0.05, 0) is 81.6 Å². The predicted molar refractivity (Wildman–Crippen MR) is 271 cm³/mol. The van der Waals surface area contributed by atoms with Crippen LogP contribution in [0.15, 0.2) is 170 Å². The van der Waals surface area contributed by atoms with Crippen LogP contribution in [0.3, 0.4) is 0 Å². The largest absolute Gasteiger partial charge is 0.496 e. The zero-order valence-corrected chi connectivity index (χ0v) is 36.6. The highest BCUT2D eigenvalue weighted by Gasteiger charge is 2.23. The van der Waals surface area contributed by atoms with E-state index in [-0.39, 0.29) is 0 Å². The number of ether oxygens (including phenoxy) is 2. The minimum atomic E-state index is 0.832. The molecule has 13 rings (SSSR count). The van der Waals surface area contributed by atoms with E-state index in [0.29, 0.717) is 0 Å². The van der Waals surface area contributed by atoms with E-state index in [1.165, 1.54) is 40.3 Å². The molecule has 0 fully saturated rings. The minimum Gasteiger partial charge on any atom is -0.496 e. The van der Waals surface area contributed by atoms with E-state index in [4.69, 9.17) is 19.4 Å². The number of rotatable bonds is 6. The molecule has 298 valence electrons. The van der Waals surface area contributed by atoms with Crippen LogP contribution in [0.5, 0.6) is 11.5 Å². The predicted octanol–water partition coefficient (Wildman–Crippen LogP) is 16.6. The second kappa shape index (κ2) is 14.2. The van der Waals surface area contributed by atoms with Gasteiger partial charge in [-0.1, -0.05) is 121 Å². The molecule has 0 spiro atoms. The van der Waals surface area contributed by atoms with Crippen LogP contribution in [0.2, 0.25) is 0 Å². The molecule has 0 saturated heterocycles. The summed E-state index contributed by atoms with van der Waals surface area (Å²) in [6, 6.07) is 61.1. The molecule has 4 aromatic heterocycles. The monoisotopic (exact) mass is 862 g/mol. The normalized spacial score (nSPS) is 12.0. The third kappa shape index (κ3) is 5.64. The first-order valence-corrected chi connectivity index (χ1v) is 23.3. The van der Waals surface area contributed by atoms with Crippen LogP contribution in [0.25, 0.3) is 127 Å². The number of para-hydroxylation sites is 2. The number of aromatic nitrogens is 2. The van der Waals surface area contributed by atoms with Crippen molar-refractivity contribution in [2.45, 2.75) is 0 Å². The molecule has 0 saturated carbocycles. The van der Waals surface area contributed by atoms with Gasteiger partial charge in [-0.25, -0.2) is 9.97 Å². The van der Waals surface area contributed by atoms with Gasteiger partial charge in [0.1, 0.15) is 22.5 Å². The third-order valence-corrected chi connectivity index (χ3v) is 16.0. The average Bonchev–Trinajstić information content (AvgIpc) is 4.04.